The quantitative estimate of drug-likeness (QED) is 0.640. The molecule has 4 nitrogen and oxygen atoms in total. The summed E-state index contributed by atoms with van der Waals surface area (Å²) in [5, 5.41) is 1.07. The minimum Gasteiger partial charge on any atom is -0.340 e. The molecule has 2 aromatic carbocycles. The van der Waals surface area contributed by atoms with Gasteiger partial charge in [0.25, 0.3) is 0 Å². The van der Waals surface area contributed by atoms with Crippen molar-refractivity contribution in [3.05, 3.63) is 77.7 Å². The highest BCUT2D eigenvalue weighted by Crippen LogP contribution is 2.27. The molecule has 4 rings (SSSR count). The van der Waals surface area contributed by atoms with Gasteiger partial charge in [-0.3, -0.25) is 14.7 Å². The third kappa shape index (κ3) is 4.46. The zero-order valence-corrected chi connectivity index (χ0v) is 16.7. The monoisotopic (exact) mass is 391 g/mol. The third-order valence-corrected chi connectivity index (χ3v) is 5.64. The second kappa shape index (κ2) is 8.70. The molecule has 5 heteroatoms. The zero-order valence-electron chi connectivity index (χ0n) is 16.7. The first-order valence-electron chi connectivity index (χ1n) is 10.2. The molecule has 0 aliphatic carbocycles. The molecular formula is C24H26FN3O. The predicted molar refractivity (Wildman–Crippen MR) is 113 cm³/mol. The Kier molecular flexibility index (Phi) is 5.86. The first-order chi connectivity index (χ1) is 14.1. The van der Waals surface area contributed by atoms with E-state index in [1.807, 2.05) is 31.3 Å². The lowest BCUT2D eigenvalue weighted by Gasteiger charge is -2.36. The van der Waals surface area contributed by atoms with Crippen molar-refractivity contribution in [1.82, 2.24) is 14.8 Å². The van der Waals surface area contributed by atoms with E-state index in [1.165, 1.54) is 18.6 Å². The highest BCUT2D eigenvalue weighted by Gasteiger charge is 2.31. The first-order valence-corrected chi connectivity index (χ1v) is 10.2. The summed E-state index contributed by atoms with van der Waals surface area (Å²) in [5.74, 6) is -0.235. The number of halogens is 1. The van der Waals surface area contributed by atoms with Crippen LogP contribution in [0.15, 0.2) is 60.8 Å². The van der Waals surface area contributed by atoms with Crippen LogP contribution in [0.3, 0.4) is 0 Å². The van der Waals surface area contributed by atoms with E-state index in [9.17, 15) is 9.18 Å². The van der Waals surface area contributed by atoms with Crippen molar-refractivity contribution in [2.75, 3.05) is 20.1 Å². The highest BCUT2D eigenvalue weighted by atomic mass is 19.1. The minimum absolute atomic E-state index is 0.0461. The number of hydrogen-bond acceptors (Lipinski definition) is 3. The summed E-state index contributed by atoms with van der Waals surface area (Å²) in [6, 6.07) is 16.0. The van der Waals surface area contributed by atoms with E-state index in [4.69, 9.17) is 0 Å². The van der Waals surface area contributed by atoms with Gasteiger partial charge in [0.1, 0.15) is 11.9 Å². The van der Waals surface area contributed by atoms with Crippen molar-refractivity contribution < 1.29 is 9.18 Å². The number of likely N-dealkylation sites (N-methyl/N-ethyl adjacent to an activating group) is 1. The minimum atomic E-state index is -0.372. The average molecular weight is 391 g/mol. The van der Waals surface area contributed by atoms with E-state index in [0.29, 0.717) is 6.54 Å². The van der Waals surface area contributed by atoms with Crippen LogP contribution in [-0.2, 0) is 11.3 Å². The Hall–Kier alpha value is -2.79. The molecule has 0 unspecified atom stereocenters. The lowest BCUT2D eigenvalue weighted by atomic mass is 10.00. The van der Waals surface area contributed by atoms with E-state index in [0.717, 1.165) is 48.0 Å². The molecule has 1 aliphatic heterocycles. The number of amides is 1. The summed E-state index contributed by atoms with van der Waals surface area (Å²) in [5.41, 5.74) is 2.87. The van der Waals surface area contributed by atoms with Crippen LogP contribution in [0.25, 0.3) is 10.9 Å². The van der Waals surface area contributed by atoms with Gasteiger partial charge in [-0.15, -0.1) is 0 Å². The lowest BCUT2D eigenvalue weighted by Crippen LogP contribution is -2.43. The number of aromatic nitrogens is 1. The lowest BCUT2D eigenvalue weighted by molar-refractivity contribution is -0.137. The van der Waals surface area contributed by atoms with Crippen LogP contribution < -0.4 is 0 Å². The molecule has 0 bridgehead atoms. The van der Waals surface area contributed by atoms with Crippen molar-refractivity contribution in [3.8, 4) is 0 Å². The van der Waals surface area contributed by atoms with Crippen molar-refractivity contribution >= 4 is 16.8 Å². The van der Waals surface area contributed by atoms with Crippen molar-refractivity contribution in [2.24, 2.45) is 0 Å². The second-order valence-corrected chi connectivity index (χ2v) is 7.78. The largest absolute Gasteiger partial charge is 0.340 e. The SMILES string of the molecule is CN(Cc1ccc2ncccc2c1)C(=O)[C@@H](c1ccc(F)cc1)N1CCCCC1. The molecule has 1 fully saturated rings. The maximum absolute atomic E-state index is 13.5. The molecule has 150 valence electrons. The number of fused-ring (bicyclic) bond motifs is 1. The Morgan fingerprint density at radius 3 is 2.62 bits per heavy atom. The fraction of sp³-hybridized carbons (Fsp3) is 0.333. The third-order valence-electron chi connectivity index (χ3n) is 5.64. The fourth-order valence-corrected chi connectivity index (χ4v) is 4.12. The Balaban J connectivity index is 1.57. The van der Waals surface area contributed by atoms with Crippen LogP contribution in [0.5, 0.6) is 0 Å². The molecule has 0 radical (unpaired) electrons. The number of benzene rings is 2. The molecule has 1 atom stereocenters. The Morgan fingerprint density at radius 2 is 1.86 bits per heavy atom. The van der Waals surface area contributed by atoms with Gasteiger partial charge in [-0.2, -0.15) is 0 Å². The summed E-state index contributed by atoms with van der Waals surface area (Å²) in [6.07, 6.45) is 5.16. The predicted octanol–water partition coefficient (Wildman–Crippen LogP) is 4.56. The van der Waals surface area contributed by atoms with E-state index in [-0.39, 0.29) is 17.8 Å². The molecule has 1 aromatic heterocycles. The van der Waals surface area contributed by atoms with E-state index in [2.05, 4.69) is 16.0 Å². The van der Waals surface area contributed by atoms with E-state index >= 15 is 0 Å². The number of rotatable bonds is 5. The van der Waals surface area contributed by atoms with Gasteiger partial charge in [-0.1, -0.05) is 30.7 Å². The van der Waals surface area contributed by atoms with Crippen molar-refractivity contribution in [2.45, 2.75) is 31.8 Å². The van der Waals surface area contributed by atoms with Gasteiger partial charge in [0, 0.05) is 25.2 Å². The average Bonchev–Trinajstić information content (AvgIpc) is 2.76. The molecule has 0 N–H and O–H groups in total. The van der Waals surface area contributed by atoms with Gasteiger partial charge in [0.15, 0.2) is 0 Å². The van der Waals surface area contributed by atoms with Gasteiger partial charge >= 0.3 is 0 Å². The molecular weight excluding hydrogens is 365 g/mol. The molecule has 1 amide bonds. The molecule has 2 heterocycles. The summed E-state index contributed by atoms with van der Waals surface area (Å²) < 4.78 is 13.5. The summed E-state index contributed by atoms with van der Waals surface area (Å²) in [7, 11) is 1.84. The molecule has 0 saturated carbocycles. The topological polar surface area (TPSA) is 36.4 Å². The van der Waals surface area contributed by atoms with Crippen LogP contribution >= 0.6 is 0 Å². The van der Waals surface area contributed by atoms with Crippen molar-refractivity contribution in [3.63, 3.8) is 0 Å². The van der Waals surface area contributed by atoms with Crippen LogP contribution in [0, 0.1) is 5.82 Å². The standard InChI is InChI=1S/C24H26FN3O/c1-27(17-18-7-12-22-20(16-18)6-5-13-26-22)24(29)23(28-14-3-2-4-15-28)19-8-10-21(25)11-9-19/h5-13,16,23H,2-4,14-15,17H2,1H3/t23-/m1/s1. The first kappa shape index (κ1) is 19.5. The van der Waals surface area contributed by atoms with Crippen LogP contribution in [-0.4, -0.2) is 40.8 Å². The Bertz CT molecular complexity index is 983. The number of hydrogen-bond donors (Lipinski definition) is 0. The van der Waals surface area contributed by atoms with Gasteiger partial charge < -0.3 is 4.90 Å². The normalized spacial score (nSPS) is 15.9. The number of pyridine rings is 1. The smallest absolute Gasteiger partial charge is 0.244 e. The zero-order chi connectivity index (χ0) is 20.2. The fourth-order valence-electron chi connectivity index (χ4n) is 4.12. The van der Waals surface area contributed by atoms with Gasteiger partial charge in [-0.25, -0.2) is 4.39 Å². The number of carbonyl (C=O) groups is 1. The van der Waals surface area contributed by atoms with Crippen molar-refractivity contribution in [1.29, 1.82) is 0 Å². The Labute approximate surface area is 171 Å². The number of nitrogens with zero attached hydrogens (tertiary/aromatic N) is 3. The number of piperidine rings is 1. The number of likely N-dealkylation sites (tertiary alicyclic amines) is 1. The van der Waals surface area contributed by atoms with Crippen LogP contribution in [0.4, 0.5) is 4.39 Å². The maximum atomic E-state index is 13.5. The molecule has 29 heavy (non-hydrogen) atoms. The highest BCUT2D eigenvalue weighted by molar-refractivity contribution is 5.83. The second-order valence-electron chi connectivity index (χ2n) is 7.78. The molecule has 1 aliphatic rings. The van der Waals surface area contributed by atoms with Gasteiger partial charge in [0.2, 0.25) is 5.91 Å². The van der Waals surface area contributed by atoms with E-state index in [1.54, 1.807) is 23.2 Å². The molecule has 3 aromatic rings. The molecule has 0 spiro atoms. The van der Waals surface area contributed by atoms with Crippen LogP contribution in [0.1, 0.15) is 36.4 Å². The number of carbonyl (C=O) groups excluding carboxylic acids is 1. The molecule has 1 saturated heterocycles. The van der Waals surface area contributed by atoms with Gasteiger partial charge in [-0.05, 0) is 67.4 Å². The summed E-state index contributed by atoms with van der Waals surface area (Å²) in [6.45, 7) is 2.31. The van der Waals surface area contributed by atoms with Gasteiger partial charge in [0.05, 0.1) is 5.52 Å². The van der Waals surface area contributed by atoms with Crippen LogP contribution in [0.2, 0.25) is 0 Å². The van der Waals surface area contributed by atoms with E-state index < -0.39 is 0 Å². The summed E-state index contributed by atoms with van der Waals surface area (Å²) in [4.78, 5) is 21.8. The maximum Gasteiger partial charge on any atom is 0.244 e. The summed E-state index contributed by atoms with van der Waals surface area (Å²) >= 11 is 0. The Morgan fingerprint density at radius 1 is 1.10 bits per heavy atom.